The summed E-state index contributed by atoms with van der Waals surface area (Å²) < 4.78 is 14.6. The van der Waals surface area contributed by atoms with Gasteiger partial charge in [0, 0.05) is 0 Å². The highest BCUT2D eigenvalue weighted by Crippen LogP contribution is 2.41. The number of hydrogen-bond donors (Lipinski definition) is 0. The van der Waals surface area contributed by atoms with Gasteiger partial charge in [0.2, 0.25) is 0 Å². The normalized spacial score (nSPS) is 29.9. The minimum absolute atomic E-state index is 0.331. The van der Waals surface area contributed by atoms with E-state index in [2.05, 4.69) is 41.5 Å². The Kier molecular flexibility index (Phi) is 8.27. The van der Waals surface area contributed by atoms with Gasteiger partial charge in [0.1, 0.15) is 6.17 Å². The van der Waals surface area contributed by atoms with E-state index in [4.69, 9.17) is 0 Å². The molecule has 1 heteroatoms. The van der Waals surface area contributed by atoms with E-state index < -0.39 is 6.17 Å². The van der Waals surface area contributed by atoms with E-state index in [0.717, 1.165) is 24.7 Å². The van der Waals surface area contributed by atoms with Gasteiger partial charge in [-0.3, -0.25) is 0 Å². The molecule has 0 amide bonds. The summed E-state index contributed by atoms with van der Waals surface area (Å²) in [6, 6.07) is 0. The topological polar surface area (TPSA) is 0 Å². The van der Waals surface area contributed by atoms with Crippen molar-refractivity contribution >= 4 is 0 Å². The van der Waals surface area contributed by atoms with Gasteiger partial charge in [-0.05, 0) is 54.8 Å². The van der Waals surface area contributed by atoms with Gasteiger partial charge < -0.3 is 0 Å². The van der Waals surface area contributed by atoms with Crippen molar-refractivity contribution in [2.24, 2.45) is 35.5 Å². The van der Waals surface area contributed by atoms with E-state index in [0.29, 0.717) is 23.7 Å². The van der Waals surface area contributed by atoms with Crippen molar-refractivity contribution in [3.05, 3.63) is 0 Å². The summed E-state index contributed by atoms with van der Waals surface area (Å²) in [5, 5.41) is 0. The van der Waals surface area contributed by atoms with Crippen LogP contribution in [0.15, 0.2) is 0 Å². The van der Waals surface area contributed by atoms with Gasteiger partial charge in [-0.2, -0.15) is 0 Å². The van der Waals surface area contributed by atoms with Crippen molar-refractivity contribution in [2.75, 3.05) is 0 Å². The highest BCUT2D eigenvalue weighted by molar-refractivity contribution is 4.85. The van der Waals surface area contributed by atoms with Crippen molar-refractivity contribution in [3.8, 4) is 0 Å². The molecule has 5 atom stereocenters. The third kappa shape index (κ3) is 6.70. The molecule has 1 saturated carbocycles. The third-order valence-electron chi connectivity index (χ3n) is 5.80. The van der Waals surface area contributed by atoms with Gasteiger partial charge >= 0.3 is 0 Å². The summed E-state index contributed by atoms with van der Waals surface area (Å²) in [5.41, 5.74) is 0. The maximum Gasteiger partial charge on any atom is 0.103 e. The van der Waals surface area contributed by atoms with Crippen molar-refractivity contribution in [1.82, 2.24) is 0 Å². The molecular weight excluding hydrogens is 259 g/mol. The average Bonchev–Trinajstić information content (AvgIpc) is 2.41. The molecule has 1 aliphatic carbocycles. The van der Waals surface area contributed by atoms with Crippen LogP contribution in [0.3, 0.4) is 0 Å². The lowest BCUT2D eigenvalue weighted by atomic mass is 9.69. The maximum absolute atomic E-state index is 14.6. The first-order valence-electron chi connectivity index (χ1n) is 9.45. The standard InChI is InChI=1S/C20H39F/c1-14(2)7-9-16(5)18-11-12-19(20(21)13-18)17(6)10-8-15(3)4/h14-20H,7-13H2,1-6H3. The Morgan fingerprint density at radius 3 is 1.76 bits per heavy atom. The molecule has 126 valence electrons. The maximum atomic E-state index is 14.6. The van der Waals surface area contributed by atoms with Crippen molar-refractivity contribution in [2.45, 2.75) is 92.7 Å². The van der Waals surface area contributed by atoms with Gasteiger partial charge in [0.05, 0.1) is 0 Å². The van der Waals surface area contributed by atoms with E-state index in [9.17, 15) is 4.39 Å². The van der Waals surface area contributed by atoms with Crippen LogP contribution in [0, 0.1) is 35.5 Å². The van der Waals surface area contributed by atoms with Crippen LogP contribution in [0.4, 0.5) is 4.39 Å². The number of alkyl halides is 1. The van der Waals surface area contributed by atoms with E-state index in [1.54, 1.807) is 0 Å². The smallest absolute Gasteiger partial charge is 0.103 e. The molecule has 1 fully saturated rings. The number of hydrogen-bond acceptors (Lipinski definition) is 0. The van der Waals surface area contributed by atoms with Crippen molar-refractivity contribution in [1.29, 1.82) is 0 Å². The summed E-state index contributed by atoms with van der Waals surface area (Å²) in [6.45, 7) is 13.8. The third-order valence-corrected chi connectivity index (χ3v) is 5.80. The molecule has 0 saturated heterocycles. The Bertz CT molecular complexity index is 271. The van der Waals surface area contributed by atoms with Crippen LogP contribution in [0.1, 0.15) is 86.5 Å². The Hall–Kier alpha value is -0.0700. The van der Waals surface area contributed by atoms with Crippen LogP contribution in [0.25, 0.3) is 0 Å². The molecule has 0 aromatic rings. The second-order valence-corrected chi connectivity index (χ2v) is 8.65. The minimum atomic E-state index is -0.549. The van der Waals surface area contributed by atoms with Crippen LogP contribution in [0.2, 0.25) is 0 Å². The predicted octanol–water partition coefficient (Wildman–Crippen LogP) is 6.89. The summed E-state index contributed by atoms with van der Waals surface area (Å²) in [5.74, 6) is 3.76. The molecule has 0 aromatic heterocycles. The first kappa shape index (κ1) is 19.0. The summed E-state index contributed by atoms with van der Waals surface area (Å²) >= 11 is 0. The van der Waals surface area contributed by atoms with Crippen LogP contribution >= 0.6 is 0 Å². The molecule has 0 bridgehead atoms. The molecular formula is C20H39F. The van der Waals surface area contributed by atoms with Crippen LogP contribution in [-0.4, -0.2) is 6.17 Å². The second kappa shape index (κ2) is 9.16. The average molecular weight is 299 g/mol. The second-order valence-electron chi connectivity index (χ2n) is 8.65. The van der Waals surface area contributed by atoms with Gasteiger partial charge in [-0.15, -0.1) is 0 Å². The van der Waals surface area contributed by atoms with Gasteiger partial charge in [-0.1, -0.05) is 67.2 Å². The van der Waals surface area contributed by atoms with Crippen LogP contribution < -0.4 is 0 Å². The molecule has 0 heterocycles. The summed E-state index contributed by atoms with van der Waals surface area (Å²) in [7, 11) is 0. The largest absolute Gasteiger partial charge is 0.247 e. The number of rotatable bonds is 8. The van der Waals surface area contributed by atoms with E-state index in [1.165, 1.54) is 32.1 Å². The monoisotopic (exact) mass is 298 g/mol. The van der Waals surface area contributed by atoms with E-state index in [-0.39, 0.29) is 0 Å². The quantitative estimate of drug-likeness (QED) is 0.458. The zero-order valence-corrected chi connectivity index (χ0v) is 15.4. The first-order chi connectivity index (χ1) is 9.81. The van der Waals surface area contributed by atoms with Crippen LogP contribution in [-0.2, 0) is 0 Å². The first-order valence-corrected chi connectivity index (χ1v) is 9.45. The highest BCUT2D eigenvalue weighted by atomic mass is 19.1. The van der Waals surface area contributed by atoms with Gasteiger partial charge in [0.25, 0.3) is 0 Å². The summed E-state index contributed by atoms with van der Waals surface area (Å²) in [6.07, 6.45) is 7.69. The Balaban J connectivity index is 2.39. The van der Waals surface area contributed by atoms with Crippen LogP contribution in [0.5, 0.6) is 0 Å². The molecule has 5 unspecified atom stereocenters. The van der Waals surface area contributed by atoms with E-state index >= 15 is 0 Å². The Labute approximate surface area is 133 Å². The number of halogens is 1. The SMILES string of the molecule is CC(C)CCC(C)C1CCC(C(C)CCC(C)C)C(F)C1. The molecule has 0 aromatic carbocycles. The lowest BCUT2D eigenvalue weighted by molar-refractivity contribution is 0.0629. The van der Waals surface area contributed by atoms with E-state index in [1.807, 2.05) is 0 Å². The molecule has 1 rings (SSSR count). The lowest BCUT2D eigenvalue weighted by Crippen LogP contribution is -2.33. The highest BCUT2D eigenvalue weighted by Gasteiger charge is 2.35. The van der Waals surface area contributed by atoms with Crippen molar-refractivity contribution in [3.63, 3.8) is 0 Å². The zero-order chi connectivity index (χ0) is 16.0. The molecule has 21 heavy (non-hydrogen) atoms. The molecule has 0 radical (unpaired) electrons. The predicted molar refractivity (Wildman–Crippen MR) is 92.2 cm³/mol. The molecule has 0 aliphatic heterocycles. The molecule has 1 aliphatic rings. The fourth-order valence-corrected chi connectivity index (χ4v) is 3.97. The van der Waals surface area contributed by atoms with Gasteiger partial charge in [0.15, 0.2) is 0 Å². The lowest BCUT2D eigenvalue weighted by Gasteiger charge is -2.38. The molecule has 0 nitrogen and oxygen atoms in total. The van der Waals surface area contributed by atoms with Gasteiger partial charge in [-0.25, -0.2) is 4.39 Å². The Morgan fingerprint density at radius 1 is 0.762 bits per heavy atom. The Morgan fingerprint density at radius 2 is 1.29 bits per heavy atom. The summed E-state index contributed by atoms with van der Waals surface area (Å²) in [4.78, 5) is 0. The fraction of sp³-hybridized carbons (Fsp3) is 1.00. The zero-order valence-electron chi connectivity index (χ0n) is 15.4. The molecule has 0 N–H and O–H groups in total. The minimum Gasteiger partial charge on any atom is -0.247 e. The fourth-order valence-electron chi connectivity index (χ4n) is 3.97. The van der Waals surface area contributed by atoms with Crippen molar-refractivity contribution < 1.29 is 4.39 Å². The molecule has 0 spiro atoms.